The van der Waals surface area contributed by atoms with E-state index in [2.05, 4.69) is 13.8 Å². The van der Waals surface area contributed by atoms with Gasteiger partial charge < -0.3 is 15.0 Å². The molecule has 3 nitrogen and oxygen atoms in total. The Morgan fingerprint density at radius 2 is 1.87 bits per heavy atom. The minimum Gasteiger partial charge on any atom is -0.550 e. The van der Waals surface area contributed by atoms with Crippen molar-refractivity contribution in [1.29, 1.82) is 0 Å². The Labute approximate surface area is 114 Å². The molecule has 1 N–H and O–H groups in total. The number of carboxylic acid groups (broad SMARTS) is 1. The number of aliphatic hydroxyl groups is 1. The summed E-state index contributed by atoms with van der Waals surface area (Å²) >= 11 is 0. The van der Waals surface area contributed by atoms with Crippen molar-refractivity contribution in [2.24, 2.45) is 17.3 Å². The fraction of sp³-hybridized carbons (Fsp3) is 0.909. The van der Waals surface area contributed by atoms with Gasteiger partial charge in [0, 0.05) is 12.6 Å². The van der Waals surface area contributed by atoms with Crippen LogP contribution in [0, 0.1) is 17.3 Å². The summed E-state index contributed by atoms with van der Waals surface area (Å²) in [6.07, 6.45) is 2.75. The van der Waals surface area contributed by atoms with Crippen LogP contribution in [-0.4, -0.2) is 17.7 Å². The molecule has 0 bridgehead atoms. The molecule has 0 spiro atoms. The molecular weight excluding hydrogens is 203 g/mol. The number of carbonyl (C=O) groups is 1. The van der Waals surface area contributed by atoms with Crippen molar-refractivity contribution < 1.29 is 44.6 Å². The molecule has 1 fully saturated rings. The number of hydrogen-bond acceptors (Lipinski definition) is 3. The third-order valence-electron chi connectivity index (χ3n) is 3.22. The molecule has 82 valence electrons. The van der Waals surface area contributed by atoms with Crippen molar-refractivity contribution in [1.82, 2.24) is 0 Å². The summed E-state index contributed by atoms with van der Waals surface area (Å²) in [6.45, 7) is 4.21. The third-order valence-corrected chi connectivity index (χ3v) is 3.22. The van der Waals surface area contributed by atoms with E-state index in [0.29, 0.717) is 11.8 Å². The van der Waals surface area contributed by atoms with Crippen LogP contribution in [0.3, 0.4) is 0 Å². The van der Waals surface area contributed by atoms with Crippen LogP contribution >= 0.6 is 0 Å². The van der Waals surface area contributed by atoms with Crippen LogP contribution in [0.15, 0.2) is 0 Å². The van der Waals surface area contributed by atoms with Gasteiger partial charge in [-0.2, -0.15) is 0 Å². The molecule has 1 aliphatic rings. The van der Waals surface area contributed by atoms with E-state index in [9.17, 15) is 15.0 Å². The predicted octanol–water partition coefficient (Wildman–Crippen LogP) is -2.43. The Bertz CT molecular complexity index is 208. The quantitative estimate of drug-likeness (QED) is 0.540. The van der Waals surface area contributed by atoms with E-state index in [-0.39, 0.29) is 42.6 Å². The summed E-state index contributed by atoms with van der Waals surface area (Å²) in [5.74, 6) is -0.0316. The van der Waals surface area contributed by atoms with Gasteiger partial charge in [-0.3, -0.25) is 0 Å². The van der Waals surface area contributed by atoms with Crippen LogP contribution in [0.5, 0.6) is 0 Å². The first-order valence-electron chi connectivity index (χ1n) is 5.28. The molecule has 0 aliphatic heterocycles. The van der Waals surface area contributed by atoms with Crippen molar-refractivity contribution in [3.05, 3.63) is 0 Å². The van der Waals surface area contributed by atoms with Gasteiger partial charge >= 0.3 is 29.6 Å². The maximum Gasteiger partial charge on any atom is 1.00 e. The van der Waals surface area contributed by atoms with Crippen LogP contribution < -0.4 is 34.7 Å². The maximum atomic E-state index is 10.6. The molecule has 15 heavy (non-hydrogen) atoms. The smallest absolute Gasteiger partial charge is 0.550 e. The molecule has 0 aromatic rings. The predicted molar refractivity (Wildman–Crippen MR) is 51.3 cm³/mol. The molecule has 0 saturated heterocycles. The SMILES string of the molecule is C[C@@H]1C[C@H](C)CC(CO)(CC(=O)[O-])C1.[Na+]. The molecule has 0 heterocycles. The van der Waals surface area contributed by atoms with Gasteiger partial charge in [0.2, 0.25) is 0 Å². The Morgan fingerprint density at radius 3 is 2.20 bits per heavy atom. The van der Waals surface area contributed by atoms with Gasteiger partial charge in [-0.25, -0.2) is 0 Å². The standard InChI is InChI=1S/C11H20O3.Na/c1-8-3-9(2)5-11(4-8,7-12)6-10(13)14;/h8-9,12H,3-7H2,1-2H3,(H,13,14);/q;+1/p-1/t8-,9+,11?;. The van der Waals surface area contributed by atoms with Crippen molar-refractivity contribution in [2.75, 3.05) is 6.61 Å². The summed E-state index contributed by atoms with van der Waals surface area (Å²) in [5, 5.41) is 20.0. The molecule has 1 aliphatic carbocycles. The molecule has 0 aromatic heterocycles. The van der Waals surface area contributed by atoms with Gasteiger partial charge in [0.15, 0.2) is 0 Å². The Balaban J connectivity index is 0.00000196. The van der Waals surface area contributed by atoms with Gasteiger partial charge in [0.25, 0.3) is 0 Å². The summed E-state index contributed by atoms with van der Waals surface area (Å²) in [7, 11) is 0. The molecule has 1 saturated carbocycles. The normalized spacial score (nSPS) is 35.7. The maximum absolute atomic E-state index is 10.6. The zero-order chi connectivity index (χ0) is 10.8. The summed E-state index contributed by atoms with van der Waals surface area (Å²) < 4.78 is 0. The van der Waals surface area contributed by atoms with E-state index in [1.807, 2.05) is 0 Å². The number of carboxylic acids is 1. The van der Waals surface area contributed by atoms with Crippen LogP contribution in [0.1, 0.15) is 39.5 Å². The van der Waals surface area contributed by atoms with E-state index in [1.54, 1.807) is 0 Å². The van der Waals surface area contributed by atoms with Crippen LogP contribution in [0.2, 0.25) is 0 Å². The van der Waals surface area contributed by atoms with Crippen molar-refractivity contribution in [3.8, 4) is 0 Å². The molecule has 1 unspecified atom stereocenters. The first kappa shape index (κ1) is 15.4. The largest absolute Gasteiger partial charge is 1.00 e. The van der Waals surface area contributed by atoms with Crippen molar-refractivity contribution in [3.63, 3.8) is 0 Å². The second kappa shape index (κ2) is 6.24. The van der Waals surface area contributed by atoms with E-state index < -0.39 is 11.4 Å². The zero-order valence-electron chi connectivity index (χ0n) is 9.95. The van der Waals surface area contributed by atoms with Gasteiger partial charge in [-0.15, -0.1) is 0 Å². The average Bonchev–Trinajstić information content (AvgIpc) is 2.00. The molecule has 0 aromatic carbocycles. The minimum atomic E-state index is -1.04. The second-order valence-electron chi connectivity index (χ2n) is 5.06. The summed E-state index contributed by atoms with van der Waals surface area (Å²) in [6, 6.07) is 0. The van der Waals surface area contributed by atoms with Crippen LogP contribution in [0.4, 0.5) is 0 Å². The van der Waals surface area contributed by atoms with E-state index in [1.165, 1.54) is 0 Å². The molecular formula is C11H19NaO3. The second-order valence-corrected chi connectivity index (χ2v) is 5.06. The minimum absolute atomic E-state index is 0. The fourth-order valence-electron chi connectivity index (χ4n) is 3.05. The van der Waals surface area contributed by atoms with E-state index in [4.69, 9.17) is 0 Å². The molecule has 4 heteroatoms. The van der Waals surface area contributed by atoms with Gasteiger partial charge in [-0.05, 0) is 42.9 Å². The third kappa shape index (κ3) is 4.43. The number of rotatable bonds is 3. The van der Waals surface area contributed by atoms with Gasteiger partial charge in [0.1, 0.15) is 0 Å². The molecule has 0 amide bonds. The van der Waals surface area contributed by atoms with Crippen molar-refractivity contribution >= 4 is 5.97 Å². The Morgan fingerprint density at radius 1 is 1.40 bits per heavy atom. The topological polar surface area (TPSA) is 60.4 Å². The zero-order valence-corrected chi connectivity index (χ0v) is 12.0. The number of aliphatic hydroxyl groups excluding tert-OH is 1. The molecule has 3 atom stereocenters. The average molecular weight is 222 g/mol. The van der Waals surface area contributed by atoms with E-state index >= 15 is 0 Å². The monoisotopic (exact) mass is 222 g/mol. The Hall–Kier alpha value is 0.430. The van der Waals surface area contributed by atoms with Crippen LogP contribution in [0.25, 0.3) is 0 Å². The number of aliphatic carboxylic acids is 1. The van der Waals surface area contributed by atoms with Crippen molar-refractivity contribution in [2.45, 2.75) is 39.5 Å². The summed E-state index contributed by atoms with van der Waals surface area (Å²) in [5.41, 5.74) is -0.421. The molecule has 0 radical (unpaired) electrons. The van der Waals surface area contributed by atoms with Crippen LogP contribution in [-0.2, 0) is 4.79 Å². The number of carbonyl (C=O) groups excluding carboxylic acids is 1. The van der Waals surface area contributed by atoms with Gasteiger partial charge in [-0.1, -0.05) is 13.8 Å². The Kier molecular flexibility index (Phi) is 6.41. The summed E-state index contributed by atoms with van der Waals surface area (Å²) in [4.78, 5) is 10.6. The fourth-order valence-corrected chi connectivity index (χ4v) is 3.05. The van der Waals surface area contributed by atoms with E-state index in [0.717, 1.165) is 19.3 Å². The number of hydrogen-bond donors (Lipinski definition) is 1. The van der Waals surface area contributed by atoms with Gasteiger partial charge in [0.05, 0.1) is 0 Å². The molecule has 1 rings (SSSR count). The first-order chi connectivity index (χ1) is 6.47. The first-order valence-corrected chi connectivity index (χ1v) is 5.28.